The number of methoxy groups -OCH3 is 1. The number of hydrogen-bond acceptors (Lipinski definition) is 3. The molecule has 0 saturated heterocycles. The average molecular weight is 509 g/mol. The molecule has 0 aliphatic heterocycles. The van der Waals surface area contributed by atoms with Crippen molar-refractivity contribution in [3.05, 3.63) is 28.8 Å². The van der Waals surface area contributed by atoms with E-state index in [9.17, 15) is 4.79 Å². The van der Waals surface area contributed by atoms with Crippen molar-refractivity contribution in [3.63, 3.8) is 0 Å². The maximum absolute atomic E-state index is 11.9. The van der Waals surface area contributed by atoms with Gasteiger partial charge < -0.3 is 20.3 Å². The molecule has 1 amide bonds. The topological polar surface area (TPSA) is 66.0 Å². The Kier molecular flexibility index (Phi) is 10.8. The van der Waals surface area contributed by atoms with E-state index in [1.807, 2.05) is 18.2 Å². The standard InChI is InChI=1S/C19H29ClN4O2.HI/c1-24(2)18(25)13-22-19(23-15-7-5-4-6-8-15)21-12-14-9-10-17(26-3)16(20)11-14;/h9-11,15H,4-8,12-13H2,1-3H3,(H2,21,22,23);1H. The number of ether oxygens (including phenoxy) is 1. The Bertz CT molecular complexity index is 634. The summed E-state index contributed by atoms with van der Waals surface area (Å²) in [5.74, 6) is 1.32. The van der Waals surface area contributed by atoms with Crippen molar-refractivity contribution in [1.29, 1.82) is 0 Å². The van der Waals surface area contributed by atoms with E-state index < -0.39 is 0 Å². The van der Waals surface area contributed by atoms with Crippen molar-refractivity contribution in [2.75, 3.05) is 27.7 Å². The summed E-state index contributed by atoms with van der Waals surface area (Å²) in [7, 11) is 5.08. The first-order chi connectivity index (χ1) is 12.5. The second-order valence-electron chi connectivity index (χ2n) is 6.75. The molecule has 8 heteroatoms. The third kappa shape index (κ3) is 8.13. The van der Waals surface area contributed by atoms with E-state index in [0.29, 0.717) is 29.3 Å². The number of rotatable bonds is 6. The van der Waals surface area contributed by atoms with Gasteiger partial charge in [0, 0.05) is 20.1 Å². The van der Waals surface area contributed by atoms with Crippen LogP contribution < -0.4 is 15.4 Å². The zero-order valence-electron chi connectivity index (χ0n) is 16.3. The van der Waals surface area contributed by atoms with Gasteiger partial charge in [0.2, 0.25) is 5.91 Å². The van der Waals surface area contributed by atoms with Crippen LogP contribution in [0.3, 0.4) is 0 Å². The molecule has 0 radical (unpaired) electrons. The lowest BCUT2D eigenvalue weighted by Gasteiger charge is -2.25. The molecule has 0 atom stereocenters. The number of likely N-dealkylation sites (N-methyl/N-ethyl adjacent to an activating group) is 1. The van der Waals surface area contributed by atoms with Gasteiger partial charge in [0.1, 0.15) is 5.75 Å². The molecule has 152 valence electrons. The Labute approximate surface area is 184 Å². The summed E-state index contributed by atoms with van der Waals surface area (Å²) in [6.07, 6.45) is 6.03. The van der Waals surface area contributed by atoms with Crippen molar-refractivity contribution in [3.8, 4) is 5.75 Å². The summed E-state index contributed by atoms with van der Waals surface area (Å²) in [6, 6.07) is 6.04. The molecule has 1 aliphatic carbocycles. The monoisotopic (exact) mass is 508 g/mol. The third-order valence-corrected chi connectivity index (χ3v) is 4.78. The van der Waals surface area contributed by atoms with Gasteiger partial charge in [-0.05, 0) is 30.5 Å². The van der Waals surface area contributed by atoms with Gasteiger partial charge in [-0.15, -0.1) is 24.0 Å². The van der Waals surface area contributed by atoms with Crippen LogP contribution in [0.4, 0.5) is 0 Å². The predicted molar refractivity (Wildman–Crippen MR) is 121 cm³/mol. The molecule has 1 saturated carbocycles. The van der Waals surface area contributed by atoms with E-state index in [0.717, 1.165) is 18.4 Å². The van der Waals surface area contributed by atoms with Gasteiger partial charge in [0.15, 0.2) is 5.96 Å². The fourth-order valence-corrected chi connectivity index (χ4v) is 3.17. The number of amides is 1. The Morgan fingerprint density at radius 1 is 1.30 bits per heavy atom. The largest absolute Gasteiger partial charge is 0.495 e. The number of hydrogen-bond donors (Lipinski definition) is 2. The normalized spacial score (nSPS) is 14.9. The van der Waals surface area contributed by atoms with Crippen molar-refractivity contribution in [2.24, 2.45) is 4.99 Å². The Hall–Kier alpha value is -1.22. The van der Waals surface area contributed by atoms with Gasteiger partial charge in [0.25, 0.3) is 0 Å². The van der Waals surface area contributed by atoms with E-state index in [1.165, 1.54) is 19.3 Å². The van der Waals surface area contributed by atoms with Crippen LogP contribution in [0.1, 0.15) is 37.7 Å². The van der Waals surface area contributed by atoms with E-state index >= 15 is 0 Å². The fraction of sp³-hybridized carbons (Fsp3) is 0.579. The van der Waals surface area contributed by atoms with Crippen molar-refractivity contribution >= 4 is 47.4 Å². The summed E-state index contributed by atoms with van der Waals surface area (Å²) in [6.45, 7) is 0.691. The number of guanidine groups is 1. The molecule has 1 aromatic carbocycles. The number of nitrogens with one attached hydrogen (secondary N) is 2. The van der Waals surface area contributed by atoms with Gasteiger partial charge >= 0.3 is 0 Å². The minimum absolute atomic E-state index is 0. The lowest BCUT2D eigenvalue weighted by atomic mass is 9.96. The highest BCUT2D eigenvalue weighted by molar-refractivity contribution is 14.0. The molecule has 0 spiro atoms. The van der Waals surface area contributed by atoms with Gasteiger partial charge in [-0.2, -0.15) is 0 Å². The molecule has 6 nitrogen and oxygen atoms in total. The minimum atomic E-state index is 0. The lowest BCUT2D eigenvalue weighted by molar-refractivity contribution is -0.127. The summed E-state index contributed by atoms with van der Waals surface area (Å²) in [4.78, 5) is 18.1. The molecule has 0 aromatic heterocycles. The van der Waals surface area contributed by atoms with Crippen molar-refractivity contribution in [1.82, 2.24) is 15.5 Å². The second kappa shape index (κ2) is 12.3. The molecule has 0 bridgehead atoms. The molecule has 1 aromatic rings. The fourth-order valence-electron chi connectivity index (χ4n) is 2.89. The zero-order valence-corrected chi connectivity index (χ0v) is 19.3. The first-order valence-electron chi connectivity index (χ1n) is 9.07. The summed E-state index contributed by atoms with van der Waals surface area (Å²) in [5.41, 5.74) is 0.986. The molecule has 27 heavy (non-hydrogen) atoms. The molecular formula is C19H30ClIN4O2. The molecular weight excluding hydrogens is 479 g/mol. The third-order valence-electron chi connectivity index (χ3n) is 4.49. The Balaban J connectivity index is 0.00000364. The number of aliphatic imine (C=N–C) groups is 1. The average Bonchev–Trinajstić information content (AvgIpc) is 2.64. The number of nitrogens with zero attached hydrogens (tertiary/aromatic N) is 2. The smallest absolute Gasteiger partial charge is 0.241 e. The van der Waals surface area contributed by atoms with Crippen LogP contribution in [0.25, 0.3) is 0 Å². The van der Waals surface area contributed by atoms with Gasteiger partial charge in [-0.25, -0.2) is 4.99 Å². The van der Waals surface area contributed by atoms with E-state index in [4.69, 9.17) is 16.3 Å². The van der Waals surface area contributed by atoms with Crippen LogP contribution in [0.15, 0.2) is 23.2 Å². The van der Waals surface area contributed by atoms with Crippen LogP contribution in [-0.2, 0) is 11.3 Å². The highest BCUT2D eigenvalue weighted by Gasteiger charge is 2.15. The molecule has 2 N–H and O–H groups in total. The lowest BCUT2D eigenvalue weighted by Crippen LogP contribution is -2.47. The molecule has 0 unspecified atom stereocenters. The molecule has 0 heterocycles. The highest BCUT2D eigenvalue weighted by Crippen LogP contribution is 2.25. The van der Waals surface area contributed by atoms with Crippen LogP contribution in [-0.4, -0.2) is 50.6 Å². The van der Waals surface area contributed by atoms with Gasteiger partial charge in [0.05, 0.1) is 25.2 Å². The van der Waals surface area contributed by atoms with Crippen molar-refractivity contribution in [2.45, 2.75) is 44.7 Å². The summed E-state index contributed by atoms with van der Waals surface area (Å²) in [5, 5.41) is 7.18. The molecule has 2 rings (SSSR count). The zero-order chi connectivity index (χ0) is 18.9. The number of carbonyl (C=O) groups excluding carboxylic acids is 1. The highest BCUT2D eigenvalue weighted by atomic mass is 127. The van der Waals surface area contributed by atoms with Crippen LogP contribution in [0.5, 0.6) is 5.75 Å². The molecule has 1 fully saturated rings. The van der Waals surface area contributed by atoms with Crippen molar-refractivity contribution < 1.29 is 9.53 Å². The first-order valence-corrected chi connectivity index (χ1v) is 9.45. The Morgan fingerprint density at radius 3 is 2.59 bits per heavy atom. The van der Waals surface area contributed by atoms with Crippen LogP contribution in [0, 0.1) is 0 Å². The quantitative estimate of drug-likeness (QED) is 0.351. The van der Waals surface area contributed by atoms with Crippen LogP contribution >= 0.6 is 35.6 Å². The molecule has 1 aliphatic rings. The number of carbonyl (C=O) groups is 1. The second-order valence-corrected chi connectivity index (χ2v) is 7.16. The number of benzene rings is 1. The summed E-state index contributed by atoms with van der Waals surface area (Å²) < 4.78 is 5.18. The van der Waals surface area contributed by atoms with Crippen LogP contribution in [0.2, 0.25) is 5.02 Å². The first kappa shape index (κ1) is 23.8. The van der Waals surface area contributed by atoms with E-state index in [1.54, 1.807) is 26.1 Å². The Morgan fingerprint density at radius 2 is 2.00 bits per heavy atom. The predicted octanol–water partition coefficient (Wildman–Crippen LogP) is 3.42. The SMILES string of the molecule is COc1ccc(CN=C(NCC(=O)N(C)C)NC2CCCCC2)cc1Cl.I. The van der Waals surface area contributed by atoms with E-state index in [2.05, 4.69) is 15.6 Å². The maximum Gasteiger partial charge on any atom is 0.241 e. The maximum atomic E-state index is 11.9. The van der Waals surface area contributed by atoms with E-state index in [-0.39, 0.29) is 36.4 Å². The minimum Gasteiger partial charge on any atom is -0.495 e. The van der Waals surface area contributed by atoms with Gasteiger partial charge in [-0.3, -0.25) is 4.79 Å². The summed E-state index contributed by atoms with van der Waals surface area (Å²) >= 11 is 6.18. The number of halogens is 2. The van der Waals surface area contributed by atoms with Gasteiger partial charge in [-0.1, -0.05) is 36.9 Å².